The molecule has 0 amide bonds. The van der Waals surface area contributed by atoms with Gasteiger partial charge in [-0.05, 0) is 18.4 Å². The Balaban J connectivity index is -0.000000617. The Bertz CT molecular complexity index is 450. The van der Waals surface area contributed by atoms with Crippen LogP contribution < -0.4 is 0 Å². The van der Waals surface area contributed by atoms with Gasteiger partial charge in [-0.1, -0.05) is 169 Å². The van der Waals surface area contributed by atoms with Crippen molar-refractivity contribution in [2.75, 3.05) is 13.2 Å². The molecule has 3 heteroatoms. The topological polar surface area (TPSA) is 35.5 Å². The standard InChI is InChI=1S/C27H48O2.3C2H6.CH2O/c1-3-5-6-7-8-9-10-11-12-13-14-15-19-23-28-25-27(20-4-2)29-24-26-21-17-16-18-22-26;4*1-2/h16-18,21-22,27H,3-15,19-20,23-25H2,1-2H3;3*1-2H3;1H2. The molecule has 0 aliphatic carbocycles. The molecule has 0 radical (unpaired) electrons. The summed E-state index contributed by atoms with van der Waals surface area (Å²) in [5.74, 6) is 0. The summed E-state index contributed by atoms with van der Waals surface area (Å²) in [5, 5.41) is 0. The SMILES string of the molecule is C=O.CC.CC.CC.CCCCCCCCCCCCCCCOCC(CCC)OCc1ccccc1. The summed E-state index contributed by atoms with van der Waals surface area (Å²) in [5.41, 5.74) is 1.24. The fourth-order valence-electron chi connectivity index (χ4n) is 3.76. The molecule has 0 aromatic heterocycles. The van der Waals surface area contributed by atoms with Crippen molar-refractivity contribution in [1.29, 1.82) is 0 Å². The van der Waals surface area contributed by atoms with E-state index in [1.807, 2.05) is 54.4 Å². The highest BCUT2D eigenvalue weighted by Gasteiger charge is 2.08. The van der Waals surface area contributed by atoms with Gasteiger partial charge in [0.15, 0.2) is 0 Å². The quantitative estimate of drug-likeness (QED) is 0.150. The van der Waals surface area contributed by atoms with Gasteiger partial charge in [0, 0.05) is 6.61 Å². The predicted octanol–water partition coefficient (Wildman–Crippen LogP) is 11.4. The zero-order valence-electron chi connectivity index (χ0n) is 26.6. The Labute approximate surface area is 234 Å². The monoisotopic (exact) mass is 525 g/mol. The Kier molecular flexibility index (Phi) is 51.9. The second-order valence-corrected chi connectivity index (χ2v) is 8.52. The molecule has 0 aliphatic heterocycles. The number of ether oxygens (including phenoxy) is 2. The lowest BCUT2D eigenvalue weighted by atomic mass is 10.0. The molecule has 0 aliphatic rings. The molecule has 1 aromatic carbocycles. The lowest BCUT2D eigenvalue weighted by Crippen LogP contribution is -2.20. The minimum Gasteiger partial charge on any atom is -0.379 e. The average molecular weight is 525 g/mol. The van der Waals surface area contributed by atoms with Crippen molar-refractivity contribution >= 4 is 6.79 Å². The normalized spacial score (nSPS) is 10.3. The first kappa shape index (κ1) is 42.9. The second-order valence-electron chi connectivity index (χ2n) is 8.52. The fraction of sp³-hybridized carbons (Fsp3) is 0.794. The van der Waals surface area contributed by atoms with Crippen LogP contribution in [-0.2, 0) is 20.9 Å². The van der Waals surface area contributed by atoms with E-state index in [9.17, 15) is 0 Å². The van der Waals surface area contributed by atoms with Gasteiger partial charge in [-0.15, -0.1) is 0 Å². The van der Waals surface area contributed by atoms with E-state index < -0.39 is 0 Å². The summed E-state index contributed by atoms with van der Waals surface area (Å²) in [4.78, 5) is 8.00. The largest absolute Gasteiger partial charge is 0.379 e. The van der Waals surface area contributed by atoms with Gasteiger partial charge in [0.2, 0.25) is 0 Å². The third-order valence-electron chi connectivity index (χ3n) is 5.64. The molecule has 0 fully saturated rings. The number of carbonyl (C=O) groups is 1. The number of rotatable bonds is 21. The van der Waals surface area contributed by atoms with Gasteiger partial charge in [0.1, 0.15) is 6.79 Å². The number of benzene rings is 1. The lowest BCUT2D eigenvalue weighted by molar-refractivity contribution is -0.0980. The van der Waals surface area contributed by atoms with Crippen molar-refractivity contribution in [3.8, 4) is 0 Å². The van der Waals surface area contributed by atoms with Crippen LogP contribution in [0.3, 0.4) is 0 Å². The highest BCUT2D eigenvalue weighted by Crippen LogP contribution is 2.13. The first-order valence-corrected chi connectivity index (χ1v) is 15.9. The van der Waals surface area contributed by atoms with Gasteiger partial charge in [0.25, 0.3) is 0 Å². The highest BCUT2D eigenvalue weighted by atomic mass is 16.5. The molecule has 222 valence electrons. The van der Waals surface area contributed by atoms with Crippen molar-refractivity contribution in [3.05, 3.63) is 35.9 Å². The Hall–Kier alpha value is -1.19. The molecule has 1 rings (SSSR count). The molecule has 0 bridgehead atoms. The third-order valence-corrected chi connectivity index (χ3v) is 5.64. The number of hydrogen-bond donors (Lipinski definition) is 0. The molecule has 0 saturated heterocycles. The predicted molar refractivity (Wildman–Crippen MR) is 168 cm³/mol. The van der Waals surface area contributed by atoms with Crippen molar-refractivity contribution in [2.45, 2.75) is 164 Å². The Morgan fingerprint density at radius 3 is 1.49 bits per heavy atom. The number of unbranched alkanes of at least 4 members (excludes halogenated alkanes) is 12. The average Bonchev–Trinajstić information content (AvgIpc) is 2.98. The second kappa shape index (κ2) is 44.8. The molecule has 0 saturated carbocycles. The van der Waals surface area contributed by atoms with Crippen molar-refractivity contribution in [3.63, 3.8) is 0 Å². The summed E-state index contributed by atoms with van der Waals surface area (Å²) < 4.78 is 12.0. The Morgan fingerprint density at radius 2 is 1.05 bits per heavy atom. The first-order chi connectivity index (χ1) is 18.4. The molecule has 0 N–H and O–H groups in total. The molecule has 1 unspecified atom stereocenters. The third kappa shape index (κ3) is 37.0. The van der Waals surface area contributed by atoms with E-state index in [0.717, 1.165) is 26.1 Å². The van der Waals surface area contributed by atoms with Crippen molar-refractivity contribution < 1.29 is 14.3 Å². The minimum atomic E-state index is 0.224. The van der Waals surface area contributed by atoms with E-state index in [1.54, 1.807) is 0 Å². The number of carbonyl (C=O) groups excluding carboxylic acids is 1. The van der Waals surface area contributed by atoms with E-state index in [4.69, 9.17) is 14.3 Å². The molecule has 3 nitrogen and oxygen atoms in total. The van der Waals surface area contributed by atoms with Crippen LogP contribution >= 0.6 is 0 Å². The zero-order chi connectivity index (χ0) is 28.8. The molecule has 37 heavy (non-hydrogen) atoms. The molecule has 0 spiro atoms. The van der Waals surface area contributed by atoms with Crippen LogP contribution in [0.2, 0.25) is 0 Å². The maximum atomic E-state index is 8.00. The van der Waals surface area contributed by atoms with Crippen LogP contribution in [0.15, 0.2) is 30.3 Å². The maximum Gasteiger partial charge on any atom is 0.106 e. The van der Waals surface area contributed by atoms with Gasteiger partial charge < -0.3 is 14.3 Å². The fourth-order valence-corrected chi connectivity index (χ4v) is 3.76. The van der Waals surface area contributed by atoms with E-state index in [2.05, 4.69) is 38.1 Å². The zero-order valence-corrected chi connectivity index (χ0v) is 26.6. The smallest absolute Gasteiger partial charge is 0.106 e. The summed E-state index contributed by atoms with van der Waals surface area (Å²) in [7, 11) is 0. The van der Waals surface area contributed by atoms with Crippen LogP contribution in [0.4, 0.5) is 0 Å². The Morgan fingerprint density at radius 1 is 0.622 bits per heavy atom. The summed E-state index contributed by atoms with van der Waals surface area (Å²) >= 11 is 0. The van der Waals surface area contributed by atoms with Crippen molar-refractivity contribution in [2.24, 2.45) is 0 Å². The van der Waals surface area contributed by atoms with Crippen molar-refractivity contribution in [1.82, 2.24) is 0 Å². The van der Waals surface area contributed by atoms with E-state index >= 15 is 0 Å². The van der Waals surface area contributed by atoms with Gasteiger partial charge in [-0.2, -0.15) is 0 Å². The van der Waals surface area contributed by atoms with Gasteiger partial charge in [-0.25, -0.2) is 0 Å². The first-order valence-electron chi connectivity index (χ1n) is 15.9. The van der Waals surface area contributed by atoms with Crippen LogP contribution in [0.25, 0.3) is 0 Å². The van der Waals surface area contributed by atoms with Gasteiger partial charge in [-0.3, -0.25) is 0 Å². The van der Waals surface area contributed by atoms with Gasteiger partial charge >= 0.3 is 0 Å². The van der Waals surface area contributed by atoms with E-state index in [-0.39, 0.29) is 6.10 Å². The van der Waals surface area contributed by atoms with E-state index in [0.29, 0.717) is 6.61 Å². The van der Waals surface area contributed by atoms with Crippen LogP contribution in [-0.4, -0.2) is 26.1 Å². The minimum absolute atomic E-state index is 0.224. The summed E-state index contributed by atoms with van der Waals surface area (Å²) in [6.45, 7) is 20.8. The lowest BCUT2D eigenvalue weighted by Gasteiger charge is -2.17. The molecular formula is C34H68O3. The number of hydrogen-bond acceptors (Lipinski definition) is 3. The summed E-state index contributed by atoms with van der Waals surface area (Å²) in [6.07, 6.45) is 20.5. The summed E-state index contributed by atoms with van der Waals surface area (Å²) in [6, 6.07) is 10.4. The van der Waals surface area contributed by atoms with E-state index in [1.165, 1.54) is 89.0 Å². The molecular weight excluding hydrogens is 456 g/mol. The van der Waals surface area contributed by atoms with Crippen LogP contribution in [0.1, 0.15) is 157 Å². The van der Waals surface area contributed by atoms with Gasteiger partial charge in [0.05, 0.1) is 19.3 Å². The van der Waals surface area contributed by atoms with Crippen LogP contribution in [0.5, 0.6) is 0 Å². The van der Waals surface area contributed by atoms with Crippen LogP contribution in [0, 0.1) is 0 Å². The highest BCUT2D eigenvalue weighted by molar-refractivity contribution is 5.13. The molecule has 1 atom stereocenters. The maximum absolute atomic E-state index is 8.00. The molecule has 0 heterocycles. The molecule has 1 aromatic rings.